The summed E-state index contributed by atoms with van der Waals surface area (Å²) < 4.78 is 12.9. The van der Waals surface area contributed by atoms with Crippen molar-refractivity contribution in [2.75, 3.05) is 11.4 Å². The third-order valence-electron chi connectivity index (χ3n) is 3.61. The number of anilines is 1. The van der Waals surface area contributed by atoms with Gasteiger partial charge in [0.2, 0.25) is 11.8 Å². The first kappa shape index (κ1) is 14.5. The van der Waals surface area contributed by atoms with Gasteiger partial charge in [-0.3, -0.25) is 9.59 Å². The standard InChI is InChI=1S/C15H19FN2O2/c1-10(2)17-13(19)15(3)8-9-18(14(15)20)12-6-4-11(16)5-7-12/h4-7,10H,8-9H2,1-3H3,(H,17,19). The van der Waals surface area contributed by atoms with Crippen molar-refractivity contribution in [3.8, 4) is 0 Å². The lowest BCUT2D eigenvalue weighted by atomic mass is 9.87. The molecule has 1 unspecified atom stereocenters. The van der Waals surface area contributed by atoms with E-state index in [1.807, 2.05) is 13.8 Å². The molecule has 2 rings (SSSR count). The van der Waals surface area contributed by atoms with Crippen molar-refractivity contribution in [1.29, 1.82) is 0 Å². The van der Waals surface area contributed by atoms with Crippen LogP contribution < -0.4 is 10.2 Å². The maximum absolute atomic E-state index is 12.9. The van der Waals surface area contributed by atoms with Crippen molar-refractivity contribution >= 4 is 17.5 Å². The zero-order chi connectivity index (χ0) is 14.9. The van der Waals surface area contributed by atoms with E-state index in [2.05, 4.69) is 5.32 Å². The van der Waals surface area contributed by atoms with Gasteiger partial charge in [-0.1, -0.05) is 0 Å². The van der Waals surface area contributed by atoms with Gasteiger partial charge in [-0.2, -0.15) is 0 Å². The fourth-order valence-corrected chi connectivity index (χ4v) is 2.34. The molecule has 1 heterocycles. The second kappa shape index (κ2) is 5.23. The molecule has 0 bridgehead atoms. The topological polar surface area (TPSA) is 49.4 Å². The van der Waals surface area contributed by atoms with Crippen LogP contribution >= 0.6 is 0 Å². The minimum absolute atomic E-state index is 0.00741. The van der Waals surface area contributed by atoms with E-state index in [1.165, 1.54) is 12.1 Å². The van der Waals surface area contributed by atoms with Crippen molar-refractivity contribution in [2.24, 2.45) is 5.41 Å². The van der Waals surface area contributed by atoms with Gasteiger partial charge in [-0.25, -0.2) is 4.39 Å². The zero-order valence-electron chi connectivity index (χ0n) is 11.9. The fourth-order valence-electron chi connectivity index (χ4n) is 2.34. The van der Waals surface area contributed by atoms with E-state index in [-0.39, 0.29) is 23.7 Å². The molecule has 2 amide bonds. The number of hydrogen-bond donors (Lipinski definition) is 1. The Kier molecular flexibility index (Phi) is 3.79. The molecule has 0 radical (unpaired) electrons. The summed E-state index contributed by atoms with van der Waals surface area (Å²) in [6, 6.07) is 5.73. The highest BCUT2D eigenvalue weighted by Gasteiger charge is 2.49. The van der Waals surface area contributed by atoms with Gasteiger partial charge in [0.1, 0.15) is 11.2 Å². The monoisotopic (exact) mass is 278 g/mol. The molecule has 1 aromatic rings. The maximum Gasteiger partial charge on any atom is 0.242 e. The Morgan fingerprint density at radius 3 is 2.50 bits per heavy atom. The van der Waals surface area contributed by atoms with Gasteiger partial charge in [0, 0.05) is 18.3 Å². The summed E-state index contributed by atoms with van der Waals surface area (Å²) in [5, 5.41) is 2.79. The van der Waals surface area contributed by atoms with E-state index in [9.17, 15) is 14.0 Å². The minimum atomic E-state index is -1.04. The normalized spacial score (nSPS) is 22.4. The summed E-state index contributed by atoms with van der Waals surface area (Å²) in [6.07, 6.45) is 0.460. The molecular weight excluding hydrogens is 259 g/mol. The predicted molar refractivity (Wildman–Crippen MR) is 74.8 cm³/mol. The minimum Gasteiger partial charge on any atom is -0.353 e. The molecular formula is C15H19FN2O2. The third kappa shape index (κ3) is 2.53. The molecule has 4 nitrogen and oxygen atoms in total. The number of nitrogens with one attached hydrogen (secondary N) is 1. The fraction of sp³-hybridized carbons (Fsp3) is 0.467. The van der Waals surface area contributed by atoms with E-state index in [0.717, 1.165) is 0 Å². The Hall–Kier alpha value is -1.91. The number of amides is 2. The summed E-state index contributed by atoms with van der Waals surface area (Å²) >= 11 is 0. The molecule has 0 spiro atoms. The van der Waals surface area contributed by atoms with Crippen molar-refractivity contribution in [2.45, 2.75) is 33.2 Å². The van der Waals surface area contributed by atoms with Crippen LogP contribution in [0.3, 0.4) is 0 Å². The van der Waals surface area contributed by atoms with Gasteiger partial charge in [0.05, 0.1) is 0 Å². The summed E-state index contributed by atoms with van der Waals surface area (Å²) in [7, 11) is 0. The molecule has 1 atom stereocenters. The molecule has 108 valence electrons. The van der Waals surface area contributed by atoms with Crippen LogP contribution in [0.1, 0.15) is 27.2 Å². The average molecular weight is 278 g/mol. The van der Waals surface area contributed by atoms with Crippen LogP contribution in [-0.4, -0.2) is 24.4 Å². The van der Waals surface area contributed by atoms with E-state index in [4.69, 9.17) is 0 Å². The first-order valence-electron chi connectivity index (χ1n) is 6.73. The second-order valence-electron chi connectivity index (χ2n) is 5.64. The molecule has 0 aliphatic carbocycles. The van der Waals surface area contributed by atoms with Gasteiger partial charge in [-0.05, 0) is 51.5 Å². The van der Waals surface area contributed by atoms with Crippen LogP contribution in [0, 0.1) is 11.2 Å². The molecule has 1 saturated heterocycles. The van der Waals surface area contributed by atoms with Crippen LogP contribution in [0.4, 0.5) is 10.1 Å². The summed E-state index contributed by atoms with van der Waals surface area (Å²) in [5.74, 6) is -0.829. The van der Waals surface area contributed by atoms with Gasteiger partial charge < -0.3 is 10.2 Å². The highest BCUT2D eigenvalue weighted by Crippen LogP contribution is 2.35. The molecule has 1 N–H and O–H groups in total. The van der Waals surface area contributed by atoms with E-state index in [0.29, 0.717) is 18.7 Å². The molecule has 1 fully saturated rings. The van der Waals surface area contributed by atoms with Crippen molar-refractivity contribution in [3.05, 3.63) is 30.1 Å². The van der Waals surface area contributed by atoms with Crippen LogP contribution in [-0.2, 0) is 9.59 Å². The van der Waals surface area contributed by atoms with Crippen molar-refractivity contribution in [3.63, 3.8) is 0 Å². The van der Waals surface area contributed by atoms with Crippen LogP contribution in [0.5, 0.6) is 0 Å². The molecule has 1 aromatic carbocycles. The molecule has 5 heteroatoms. The third-order valence-corrected chi connectivity index (χ3v) is 3.61. The maximum atomic E-state index is 12.9. The lowest BCUT2D eigenvalue weighted by molar-refractivity contribution is -0.139. The number of carbonyl (C=O) groups excluding carboxylic acids is 2. The van der Waals surface area contributed by atoms with Crippen LogP contribution in [0.2, 0.25) is 0 Å². The molecule has 0 aromatic heterocycles. The highest BCUT2D eigenvalue weighted by atomic mass is 19.1. The number of carbonyl (C=O) groups is 2. The Bertz CT molecular complexity index is 527. The molecule has 1 aliphatic rings. The van der Waals surface area contributed by atoms with Gasteiger partial charge in [0.15, 0.2) is 0 Å². The van der Waals surface area contributed by atoms with E-state index < -0.39 is 5.41 Å². The Balaban J connectivity index is 2.20. The Labute approximate surface area is 118 Å². The highest BCUT2D eigenvalue weighted by molar-refractivity contribution is 6.13. The number of hydrogen-bond acceptors (Lipinski definition) is 2. The van der Waals surface area contributed by atoms with E-state index in [1.54, 1.807) is 24.0 Å². The average Bonchev–Trinajstić information content (AvgIpc) is 2.68. The quantitative estimate of drug-likeness (QED) is 0.861. The Morgan fingerprint density at radius 2 is 1.95 bits per heavy atom. The first-order chi connectivity index (χ1) is 9.34. The summed E-state index contributed by atoms with van der Waals surface area (Å²) in [5.41, 5.74) is -0.420. The summed E-state index contributed by atoms with van der Waals surface area (Å²) in [4.78, 5) is 26.2. The SMILES string of the molecule is CC(C)NC(=O)C1(C)CCN(c2ccc(F)cc2)C1=O. The summed E-state index contributed by atoms with van der Waals surface area (Å²) in [6.45, 7) is 5.85. The lowest BCUT2D eigenvalue weighted by Gasteiger charge is -2.24. The first-order valence-corrected chi connectivity index (χ1v) is 6.73. The number of halogens is 1. The largest absolute Gasteiger partial charge is 0.353 e. The molecule has 1 aliphatic heterocycles. The zero-order valence-corrected chi connectivity index (χ0v) is 11.9. The van der Waals surface area contributed by atoms with Crippen LogP contribution in [0.15, 0.2) is 24.3 Å². The smallest absolute Gasteiger partial charge is 0.242 e. The van der Waals surface area contributed by atoms with Gasteiger partial charge >= 0.3 is 0 Å². The number of rotatable bonds is 3. The predicted octanol–water partition coefficient (Wildman–Crippen LogP) is 2.09. The molecule has 0 saturated carbocycles. The van der Waals surface area contributed by atoms with Gasteiger partial charge in [-0.15, -0.1) is 0 Å². The molecule has 20 heavy (non-hydrogen) atoms. The van der Waals surface area contributed by atoms with Crippen LogP contribution in [0.25, 0.3) is 0 Å². The van der Waals surface area contributed by atoms with Crippen molar-refractivity contribution < 1.29 is 14.0 Å². The number of nitrogens with zero attached hydrogens (tertiary/aromatic N) is 1. The van der Waals surface area contributed by atoms with E-state index >= 15 is 0 Å². The van der Waals surface area contributed by atoms with Gasteiger partial charge in [0.25, 0.3) is 0 Å². The Morgan fingerprint density at radius 1 is 1.35 bits per heavy atom. The van der Waals surface area contributed by atoms with Crippen molar-refractivity contribution in [1.82, 2.24) is 5.32 Å². The number of benzene rings is 1. The second-order valence-corrected chi connectivity index (χ2v) is 5.64. The lowest BCUT2D eigenvalue weighted by Crippen LogP contribution is -2.47.